The SMILES string of the molecule is COc1cc(OC)cc(N(C(=O)CNC(=O)c2ccco2)C(C(=O)NCC2CCCO2)c2ccccc2)c1. The van der Waals surface area contributed by atoms with Crippen LogP contribution in [-0.4, -0.2) is 57.7 Å². The van der Waals surface area contributed by atoms with Crippen molar-refractivity contribution in [2.24, 2.45) is 0 Å². The summed E-state index contributed by atoms with van der Waals surface area (Å²) in [6, 6.07) is 15.9. The molecule has 200 valence electrons. The smallest absolute Gasteiger partial charge is 0.287 e. The minimum absolute atomic E-state index is 0.0707. The van der Waals surface area contributed by atoms with Crippen LogP contribution in [0.3, 0.4) is 0 Å². The first kappa shape index (κ1) is 26.7. The van der Waals surface area contributed by atoms with E-state index in [4.69, 9.17) is 18.6 Å². The van der Waals surface area contributed by atoms with E-state index in [-0.39, 0.29) is 24.3 Å². The Kier molecular flexibility index (Phi) is 8.99. The lowest BCUT2D eigenvalue weighted by Crippen LogP contribution is -2.48. The minimum Gasteiger partial charge on any atom is -0.497 e. The molecule has 10 heteroatoms. The highest BCUT2D eigenvalue weighted by molar-refractivity contribution is 6.04. The van der Waals surface area contributed by atoms with Crippen molar-refractivity contribution in [3.05, 3.63) is 78.3 Å². The van der Waals surface area contributed by atoms with E-state index >= 15 is 0 Å². The van der Waals surface area contributed by atoms with Crippen LogP contribution in [0, 0.1) is 0 Å². The normalized spacial score (nSPS) is 15.4. The highest BCUT2D eigenvalue weighted by atomic mass is 16.5. The van der Waals surface area contributed by atoms with Crippen molar-refractivity contribution < 1.29 is 33.0 Å². The molecule has 1 aliphatic heterocycles. The lowest BCUT2D eigenvalue weighted by molar-refractivity contribution is -0.126. The zero-order chi connectivity index (χ0) is 26.9. The van der Waals surface area contributed by atoms with Gasteiger partial charge in [-0.15, -0.1) is 0 Å². The Morgan fingerprint density at radius 3 is 2.34 bits per heavy atom. The number of furan rings is 1. The molecular weight excluding hydrogens is 490 g/mol. The number of hydrogen-bond donors (Lipinski definition) is 2. The molecule has 1 saturated heterocycles. The van der Waals surface area contributed by atoms with Crippen LogP contribution in [0.2, 0.25) is 0 Å². The van der Waals surface area contributed by atoms with Gasteiger partial charge in [-0.3, -0.25) is 19.3 Å². The molecule has 2 N–H and O–H groups in total. The number of carbonyl (C=O) groups excluding carboxylic acids is 3. The number of nitrogens with one attached hydrogen (secondary N) is 2. The van der Waals surface area contributed by atoms with Crippen molar-refractivity contribution in [2.45, 2.75) is 25.0 Å². The zero-order valence-corrected chi connectivity index (χ0v) is 21.3. The van der Waals surface area contributed by atoms with Crippen LogP contribution in [0.15, 0.2) is 71.3 Å². The molecule has 4 rings (SSSR count). The van der Waals surface area contributed by atoms with Gasteiger partial charge in [-0.1, -0.05) is 30.3 Å². The van der Waals surface area contributed by atoms with E-state index < -0.39 is 17.9 Å². The molecule has 3 aromatic rings. The van der Waals surface area contributed by atoms with Crippen molar-refractivity contribution in [3.8, 4) is 11.5 Å². The molecular formula is C28H31N3O7. The number of anilines is 1. The van der Waals surface area contributed by atoms with E-state index in [2.05, 4.69) is 10.6 Å². The Morgan fingerprint density at radius 1 is 1.00 bits per heavy atom. The van der Waals surface area contributed by atoms with Crippen molar-refractivity contribution in [1.82, 2.24) is 10.6 Å². The molecule has 0 saturated carbocycles. The molecule has 2 aromatic carbocycles. The van der Waals surface area contributed by atoms with E-state index in [1.54, 1.807) is 48.5 Å². The van der Waals surface area contributed by atoms with Gasteiger partial charge >= 0.3 is 0 Å². The molecule has 0 bridgehead atoms. The maximum atomic E-state index is 13.8. The molecule has 10 nitrogen and oxygen atoms in total. The molecule has 2 heterocycles. The van der Waals surface area contributed by atoms with Crippen molar-refractivity contribution in [3.63, 3.8) is 0 Å². The van der Waals surface area contributed by atoms with Crippen LogP contribution in [0.4, 0.5) is 5.69 Å². The summed E-state index contributed by atoms with van der Waals surface area (Å²) in [5, 5.41) is 5.53. The van der Waals surface area contributed by atoms with Crippen LogP contribution < -0.4 is 25.0 Å². The Labute approximate surface area is 220 Å². The van der Waals surface area contributed by atoms with E-state index in [9.17, 15) is 14.4 Å². The molecule has 0 aliphatic carbocycles. The van der Waals surface area contributed by atoms with Crippen molar-refractivity contribution in [1.29, 1.82) is 0 Å². The molecule has 1 fully saturated rings. The van der Waals surface area contributed by atoms with Gasteiger partial charge in [0.15, 0.2) is 5.76 Å². The number of ether oxygens (including phenoxy) is 3. The number of benzene rings is 2. The quantitative estimate of drug-likeness (QED) is 0.398. The number of nitrogens with zero attached hydrogens (tertiary/aromatic N) is 1. The molecule has 0 spiro atoms. The highest BCUT2D eigenvalue weighted by Gasteiger charge is 2.34. The van der Waals surface area contributed by atoms with Gasteiger partial charge in [0.25, 0.3) is 5.91 Å². The summed E-state index contributed by atoms with van der Waals surface area (Å²) in [6.07, 6.45) is 3.08. The second-order valence-corrected chi connectivity index (χ2v) is 8.69. The van der Waals surface area contributed by atoms with E-state index in [0.717, 1.165) is 12.8 Å². The van der Waals surface area contributed by atoms with Crippen LogP contribution in [0.5, 0.6) is 11.5 Å². The fourth-order valence-corrected chi connectivity index (χ4v) is 4.27. The van der Waals surface area contributed by atoms with Gasteiger partial charge in [0, 0.05) is 31.4 Å². The molecule has 2 atom stereocenters. The first-order valence-electron chi connectivity index (χ1n) is 12.3. The summed E-state index contributed by atoms with van der Waals surface area (Å²) >= 11 is 0. The Balaban J connectivity index is 1.70. The van der Waals surface area contributed by atoms with E-state index in [0.29, 0.717) is 35.9 Å². The van der Waals surface area contributed by atoms with Crippen LogP contribution in [0.1, 0.15) is 35.0 Å². The largest absolute Gasteiger partial charge is 0.497 e. The van der Waals surface area contributed by atoms with Crippen LogP contribution in [0.25, 0.3) is 0 Å². The minimum atomic E-state index is -1.05. The number of amides is 3. The number of rotatable bonds is 11. The van der Waals surface area contributed by atoms with Crippen LogP contribution in [-0.2, 0) is 14.3 Å². The highest BCUT2D eigenvalue weighted by Crippen LogP contribution is 2.34. The fraction of sp³-hybridized carbons (Fsp3) is 0.321. The van der Waals surface area contributed by atoms with Crippen LogP contribution >= 0.6 is 0 Å². The van der Waals surface area contributed by atoms with Gasteiger partial charge in [-0.2, -0.15) is 0 Å². The maximum absolute atomic E-state index is 13.8. The second kappa shape index (κ2) is 12.8. The summed E-state index contributed by atoms with van der Waals surface area (Å²) in [5.74, 6) is -0.529. The van der Waals surface area contributed by atoms with Gasteiger partial charge in [-0.25, -0.2) is 0 Å². The maximum Gasteiger partial charge on any atom is 0.287 e. The third-order valence-corrected chi connectivity index (χ3v) is 6.18. The van der Waals surface area contributed by atoms with Gasteiger partial charge in [-0.05, 0) is 30.5 Å². The summed E-state index contributed by atoms with van der Waals surface area (Å²) in [7, 11) is 2.99. The molecule has 3 amide bonds. The Hall–Kier alpha value is -4.31. The third-order valence-electron chi connectivity index (χ3n) is 6.18. The summed E-state index contributed by atoms with van der Waals surface area (Å²) in [6.45, 7) is 0.592. The molecule has 1 aliphatic rings. The standard InChI is InChI=1S/C28H31N3O7/c1-35-22-14-20(15-23(16-22)36-2)31(25(32)18-30-27(33)24-11-7-13-38-24)26(19-8-4-3-5-9-19)28(34)29-17-21-10-6-12-37-21/h3-5,7-9,11,13-16,21,26H,6,10,12,17-18H2,1-2H3,(H,29,34)(H,30,33). The first-order valence-corrected chi connectivity index (χ1v) is 12.3. The number of carbonyl (C=O) groups is 3. The molecule has 38 heavy (non-hydrogen) atoms. The van der Waals surface area contributed by atoms with E-state index in [1.807, 2.05) is 6.07 Å². The van der Waals surface area contributed by atoms with E-state index in [1.165, 1.54) is 31.4 Å². The zero-order valence-electron chi connectivity index (χ0n) is 21.3. The summed E-state index contributed by atoms with van der Waals surface area (Å²) in [5.41, 5.74) is 0.949. The monoisotopic (exact) mass is 521 g/mol. The Bertz CT molecular complexity index is 1200. The number of hydrogen-bond acceptors (Lipinski definition) is 7. The average Bonchev–Trinajstić information content (AvgIpc) is 3.68. The molecule has 0 radical (unpaired) electrons. The third kappa shape index (κ3) is 6.51. The molecule has 1 aromatic heterocycles. The van der Waals surface area contributed by atoms with Gasteiger partial charge in [0.2, 0.25) is 11.8 Å². The first-order chi connectivity index (χ1) is 18.5. The lowest BCUT2D eigenvalue weighted by Gasteiger charge is -2.32. The Morgan fingerprint density at radius 2 is 1.74 bits per heavy atom. The van der Waals surface area contributed by atoms with Gasteiger partial charge < -0.3 is 29.3 Å². The predicted octanol–water partition coefficient (Wildman–Crippen LogP) is 3.10. The second-order valence-electron chi connectivity index (χ2n) is 8.69. The topological polar surface area (TPSA) is 119 Å². The van der Waals surface area contributed by atoms with Gasteiger partial charge in [0.05, 0.1) is 38.8 Å². The predicted molar refractivity (Wildman–Crippen MR) is 139 cm³/mol. The molecule has 2 unspecified atom stereocenters. The number of methoxy groups -OCH3 is 2. The summed E-state index contributed by atoms with van der Waals surface area (Å²) in [4.78, 5) is 41.3. The van der Waals surface area contributed by atoms with Crippen molar-refractivity contribution in [2.75, 3.05) is 38.8 Å². The fourth-order valence-electron chi connectivity index (χ4n) is 4.27. The van der Waals surface area contributed by atoms with Gasteiger partial charge in [0.1, 0.15) is 17.5 Å². The summed E-state index contributed by atoms with van der Waals surface area (Å²) < 4.78 is 21.6. The van der Waals surface area contributed by atoms with Crippen molar-refractivity contribution >= 4 is 23.4 Å². The average molecular weight is 522 g/mol. The lowest BCUT2D eigenvalue weighted by atomic mass is 10.0.